The maximum Gasteiger partial charge on any atom is 0.0386 e. The summed E-state index contributed by atoms with van der Waals surface area (Å²) in [7, 11) is 0. The summed E-state index contributed by atoms with van der Waals surface area (Å²) < 4.78 is 0. The van der Waals surface area contributed by atoms with Crippen LogP contribution in [0.2, 0.25) is 0 Å². The summed E-state index contributed by atoms with van der Waals surface area (Å²) in [4.78, 5) is 5.58. The number of nitrogens with zero attached hydrogens (tertiary/aromatic N) is 6. The molecular formula is C12H16N6. The lowest BCUT2D eigenvalue weighted by Gasteiger charge is -2.07. The third-order valence-electron chi connectivity index (χ3n) is 2.58. The van der Waals surface area contributed by atoms with E-state index in [0.717, 1.165) is 24.0 Å². The smallest absolute Gasteiger partial charge is 0.0386 e. The van der Waals surface area contributed by atoms with Crippen LogP contribution in [0.15, 0.2) is 34.5 Å². The van der Waals surface area contributed by atoms with E-state index in [1.54, 1.807) is 0 Å². The molecule has 0 spiro atoms. The molecule has 0 saturated heterocycles. The Balaban J connectivity index is 2.62. The highest BCUT2D eigenvalue weighted by Crippen LogP contribution is 2.11. The molecule has 18 heavy (non-hydrogen) atoms. The molecule has 0 heterocycles. The summed E-state index contributed by atoms with van der Waals surface area (Å²) in [5.74, 6) is 0. The van der Waals surface area contributed by atoms with Gasteiger partial charge < -0.3 is 0 Å². The largest absolute Gasteiger partial charge is 0.0906 e. The van der Waals surface area contributed by atoms with Crippen molar-refractivity contribution < 1.29 is 0 Å². The molecule has 0 saturated carbocycles. The van der Waals surface area contributed by atoms with Crippen LogP contribution in [0, 0.1) is 0 Å². The van der Waals surface area contributed by atoms with Gasteiger partial charge in [0.2, 0.25) is 0 Å². The molecule has 0 aliphatic heterocycles. The fourth-order valence-corrected chi connectivity index (χ4v) is 1.75. The first kappa shape index (κ1) is 13.9. The van der Waals surface area contributed by atoms with Crippen LogP contribution in [0.1, 0.15) is 25.0 Å². The minimum atomic E-state index is -0.0389. The second-order valence-corrected chi connectivity index (χ2v) is 4.33. The van der Waals surface area contributed by atoms with Crippen LogP contribution in [0.25, 0.3) is 20.9 Å². The topological polar surface area (TPSA) is 97.5 Å². The quantitative estimate of drug-likeness (QED) is 0.407. The Labute approximate surface area is 106 Å². The lowest BCUT2D eigenvalue weighted by molar-refractivity contribution is 0.723. The summed E-state index contributed by atoms with van der Waals surface area (Å²) in [6.07, 6.45) is 1.46. The van der Waals surface area contributed by atoms with Gasteiger partial charge in [-0.05, 0) is 35.0 Å². The van der Waals surface area contributed by atoms with Crippen LogP contribution in [-0.4, -0.2) is 12.1 Å². The zero-order valence-electron chi connectivity index (χ0n) is 10.6. The standard InChI is InChI=1S/C12H16N6/c1-9(15-17-13)7-11-3-5-12(6-4-11)8-10(2)16-18-14/h3-6,9-10H,7-8H2,1-2H3. The fraction of sp³-hybridized carbons (Fsp3) is 0.500. The molecule has 0 aromatic heterocycles. The van der Waals surface area contributed by atoms with E-state index in [-0.39, 0.29) is 12.1 Å². The molecule has 0 radical (unpaired) electrons. The van der Waals surface area contributed by atoms with Crippen LogP contribution in [0.4, 0.5) is 0 Å². The van der Waals surface area contributed by atoms with Crippen LogP contribution in [-0.2, 0) is 12.8 Å². The Kier molecular flexibility index (Phi) is 5.58. The van der Waals surface area contributed by atoms with Crippen molar-refractivity contribution >= 4 is 0 Å². The number of hydrogen-bond donors (Lipinski definition) is 0. The first-order valence-electron chi connectivity index (χ1n) is 5.82. The molecule has 2 atom stereocenters. The zero-order chi connectivity index (χ0) is 13.4. The Bertz CT molecular complexity index is 423. The number of rotatable bonds is 6. The van der Waals surface area contributed by atoms with Crippen LogP contribution < -0.4 is 0 Å². The van der Waals surface area contributed by atoms with Crippen molar-refractivity contribution in [3.8, 4) is 0 Å². The zero-order valence-corrected chi connectivity index (χ0v) is 10.6. The summed E-state index contributed by atoms with van der Waals surface area (Å²) in [5.41, 5.74) is 18.9. The Morgan fingerprint density at radius 2 is 1.22 bits per heavy atom. The molecule has 0 aliphatic rings. The van der Waals surface area contributed by atoms with E-state index in [0.29, 0.717) is 0 Å². The van der Waals surface area contributed by atoms with Crippen molar-refractivity contribution in [3.63, 3.8) is 0 Å². The molecule has 0 N–H and O–H groups in total. The minimum absolute atomic E-state index is 0.0389. The maximum atomic E-state index is 8.33. The van der Waals surface area contributed by atoms with Gasteiger partial charge in [0.15, 0.2) is 0 Å². The molecule has 0 aliphatic carbocycles. The van der Waals surface area contributed by atoms with Crippen molar-refractivity contribution in [2.75, 3.05) is 0 Å². The average Bonchev–Trinajstić information content (AvgIpc) is 2.32. The van der Waals surface area contributed by atoms with Gasteiger partial charge in [0.25, 0.3) is 0 Å². The first-order valence-corrected chi connectivity index (χ1v) is 5.82. The van der Waals surface area contributed by atoms with Crippen LogP contribution in [0.3, 0.4) is 0 Å². The predicted octanol–water partition coefficient (Wildman–Crippen LogP) is 4.17. The van der Waals surface area contributed by atoms with E-state index in [4.69, 9.17) is 11.1 Å². The number of azide groups is 2. The molecule has 94 valence electrons. The maximum absolute atomic E-state index is 8.33. The molecular weight excluding hydrogens is 228 g/mol. The number of hydrogen-bond acceptors (Lipinski definition) is 2. The van der Waals surface area contributed by atoms with Crippen molar-refractivity contribution in [3.05, 3.63) is 56.3 Å². The van der Waals surface area contributed by atoms with Gasteiger partial charge in [-0.3, -0.25) is 0 Å². The molecule has 1 rings (SSSR count). The number of benzene rings is 1. The first-order chi connectivity index (χ1) is 8.65. The third-order valence-corrected chi connectivity index (χ3v) is 2.58. The SMILES string of the molecule is CC(Cc1ccc(CC(C)N=[N+]=[N-])cc1)N=[N+]=[N-]. The highest BCUT2D eigenvalue weighted by molar-refractivity contribution is 5.23. The van der Waals surface area contributed by atoms with Gasteiger partial charge >= 0.3 is 0 Å². The van der Waals surface area contributed by atoms with E-state index < -0.39 is 0 Å². The van der Waals surface area contributed by atoms with Gasteiger partial charge in [-0.2, -0.15) is 0 Å². The normalized spacial score (nSPS) is 13.0. The molecule has 6 nitrogen and oxygen atoms in total. The summed E-state index contributed by atoms with van der Waals surface area (Å²) >= 11 is 0. The van der Waals surface area contributed by atoms with Gasteiger partial charge in [-0.1, -0.05) is 48.3 Å². The van der Waals surface area contributed by atoms with Gasteiger partial charge in [0.05, 0.1) is 0 Å². The van der Waals surface area contributed by atoms with E-state index >= 15 is 0 Å². The summed E-state index contributed by atoms with van der Waals surface area (Å²) in [6, 6.07) is 7.98. The second kappa shape index (κ2) is 7.22. The predicted molar refractivity (Wildman–Crippen MR) is 71.1 cm³/mol. The Morgan fingerprint density at radius 1 is 0.889 bits per heavy atom. The van der Waals surface area contributed by atoms with E-state index in [2.05, 4.69) is 20.1 Å². The van der Waals surface area contributed by atoms with Gasteiger partial charge in [0, 0.05) is 21.9 Å². The molecule has 0 amide bonds. The van der Waals surface area contributed by atoms with Crippen LogP contribution in [0.5, 0.6) is 0 Å². The van der Waals surface area contributed by atoms with Gasteiger partial charge in [-0.25, -0.2) is 0 Å². The van der Waals surface area contributed by atoms with E-state index in [1.165, 1.54) is 0 Å². The summed E-state index contributed by atoms with van der Waals surface area (Å²) in [5, 5.41) is 7.28. The lowest BCUT2D eigenvalue weighted by Crippen LogP contribution is -2.03. The van der Waals surface area contributed by atoms with E-state index in [9.17, 15) is 0 Å². The monoisotopic (exact) mass is 244 g/mol. The Morgan fingerprint density at radius 3 is 1.50 bits per heavy atom. The average molecular weight is 244 g/mol. The van der Waals surface area contributed by atoms with E-state index in [1.807, 2.05) is 38.1 Å². The van der Waals surface area contributed by atoms with Crippen molar-refractivity contribution in [2.24, 2.45) is 10.2 Å². The Hall–Kier alpha value is -2.16. The molecule has 0 bridgehead atoms. The van der Waals surface area contributed by atoms with Crippen LogP contribution >= 0.6 is 0 Å². The summed E-state index contributed by atoms with van der Waals surface area (Å²) in [6.45, 7) is 3.77. The molecule has 0 fully saturated rings. The second-order valence-electron chi connectivity index (χ2n) is 4.33. The third kappa shape index (κ3) is 4.78. The molecule has 1 aromatic carbocycles. The fourth-order valence-electron chi connectivity index (χ4n) is 1.75. The lowest BCUT2D eigenvalue weighted by atomic mass is 10.0. The molecule has 2 unspecified atom stereocenters. The van der Waals surface area contributed by atoms with Crippen molar-refractivity contribution in [2.45, 2.75) is 38.8 Å². The van der Waals surface area contributed by atoms with Crippen molar-refractivity contribution in [1.29, 1.82) is 0 Å². The minimum Gasteiger partial charge on any atom is -0.0906 e. The van der Waals surface area contributed by atoms with Gasteiger partial charge in [0.1, 0.15) is 0 Å². The highest BCUT2D eigenvalue weighted by atomic mass is 15.1. The molecule has 6 heteroatoms. The van der Waals surface area contributed by atoms with Crippen molar-refractivity contribution in [1.82, 2.24) is 0 Å². The molecule has 1 aromatic rings. The van der Waals surface area contributed by atoms with Gasteiger partial charge in [-0.15, -0.1) is 0 Å². The highest BCUT2D eigenvalue weighted by Gasteiger charge is 2.03.